The maximum absolute atomic E-state index is 5.70. The Hall–Kier alpha value is -1.02. The Morgan fingerprint density at radius 1 is 1.17 bits per heavy atom. The fourth-order valence-electron chi connectivity index (χ4n) is 2.85. The lowest BCUT2D eigenvalue weighted by molar-refractivity contribution is 0.182. The van der Waals surface area contributed by atoms with E-state index in [4.69, 9.17) is 4.74 Å². The molecule has 0 heterocycles. The second-order valence-electron chi connectivity index (χ2n) is 5.25. The number of ether oxygens (including phenoxy) is 1. The van der Waals surface area contributed by atoms with E-state index in [-0.39, 0.29) is 0 Å². The first-order valence-electron chi connectivity index (χ1n) is 7.22. The fraction of sp³-hybridized carbons (Fsp3) is 0.625. The highest BCUT2D eigenvalue weighted by atomic mass is 16.5. The molecular weight excluding hydrogens is 222 g/mol. The van der Waals surface area contributed by atoms with Gasteiger partial charge in [-0.2, -0.15) is 0 Å². The van der Waals surface area contributed by atoms with Crippen molar-refractivity contribution in [3.63, 3.8) is 0 Å². The predicted molar refractivity (Wildman–Crippen MR) is 76.0 cm³/mol. The van der Waals surface area contributed by atoms with Crippen LogP contribution in [0, 0.1) is 0 Å². The van der Waals surface area contributed by atoms with E-state index >= 15 is 0 Å². The highest BCUT2D eigenvalue weighted by Gasteiger charge is 2.18. The highest BCUT2D eigenvalue weighted by Crippen LogP contribution is 2.25. The van der Waals surface area contributed by atoms with Crippen molar-refractivity contribution in [2.45, 2.75) is 51.6 Å². The van der Waals surface area contributed by atoms with E-state index in [1.807, 2.05) is 6.92 Å². The Labute approximate surface area is 111 Å². The average molecular weight is 247 g/mol. The minimum atomic E-state index is 0.740. The molecule has 1 aromatic rings. The molecule has 0 bridgehead atoms. The van der Waals surface area contributed by atoms with Gasteiger partial charge < -0.3 is 4.74 Å². The summed E-state index contributed by atoms with van der Waals surface area (Å²) in [7, 11) is 2.25. The summed E-state index contributed by atoms with van der Waals surface area (Å²) in [5.74, 6) is 1.04. The van der Waals surface area contributed by atoms with Crippen LogP contribution >= 0.6 is 0 Å². The van der Waals surface area contributed by atoms with E-state index in [2.05, 4.69) is 36.2 Å². The molecule has 18 heavy (non-hydrogen) atoms. The van der Waals surface area contributed by atoms with Crippen LogP contribution < -0.4 is 4.74 Å². The lowest BCUT2D eigenvalue weighted by Crippen LogP contribution is -2.32. The SMILES string of the molecule is CCOc1ccccc1CN(C)C1CCCCC1. The van der Waals surface area contributed by atoms with Gasteiger partial charge in [-0.3, -0.25) is 4.90 Å². The molecule has 100 valence electrons. The van der Waals surface area contributed by atoms with Crippen LogP contribution in [0.1, 0.15) is 44.6 Å². The fourth-order valence-corrected chi connectivity index (χ4v) is 2.85. The summed E-state index contributed by atoms with van der Waals surface area (Å²) in [6.07, 6.45) is 6.91. The smallest absolute Gasteiger partial charge is 0.123 e. The van der Waals surface area contributed by atoms with Crippen molar-refractivity contribution in [1.29, 1.82) is 0 Å². The van der Waals surface area contributed by atoms with Crippen molar-refractivity contribution < 1.29 is 4.74 Å². The number of nitrogens with zero attached hydrogens (tertiary/aromatic N) is 1. The van der Waals surface area contributed by atoms with Crippen molar-refractivity contribution in [2.75, 3.05) is 13.7 Å². The van der Waals surface area contributed by atoms with Crippen molar-refractivity contribution in [2.24, 2.45) is 0 Å². The highest BCUT2D eigenvalue weighted by molar-refractivity contribution is 5.33. The molecule has 0 radical (unpaired) electrons. The Balaban J connectivity index is 1.99. The van der Waals surface area contributed by atoms with Crippen LogP contribution in [0.25, 0.3) is 0 Å². The van der Waals surface area contributed by atoms with Crippen LogP contribution in [0.15, 0.2) is 24.3 Å². The van der Waals surface area contributed by atoms with Crippen LogP contribution in [0.5, 0.6) is 5.75 Å². The zero-order chi connectivity index (χ0) is 12.8. The topological polar surface area (TPSA) is 12.5 Å². The Bertz CT molecular complexity index is 358. The molecule has 0 spiro atoms. The summed E-state index contributed by atoms with van der Waals surface area (Å²) in [6.45, 7) is 3.78. The third kappa shape index (κ3) is 3.49. The number of rotatable bonds is 5. The van der Waals surface area contributed by atoms with Crippen LogP contribution in [0.4, 0.5) is 0 Å². The van der Waals surface area contributed by atoms with Gasteiger partial charge in [0.25, 0.3) is 0 Å². The zero-order valence-electron chi connectivity index (χ0n) is 11.7. The van der Waals surface area contributed by atoms with Crippen LogP contribution in [-0.2, 0) is 6.54 Å². The molecule has 1 aromatic carbocycles. The van der Waals surface area contributed by atoms with Crippen molar-refractivity contribution in [1.82, 2.24) is 4.90 Å². The summed E-state index contributed by atoms with van der Waals surface area (Å²) in [5, 5.41) is 0. The van der Waals surface area contributed by atoms with E-state index in [1.165, 1.54) is 37.7 Å². The lowest BCUT2D eigenvalue weighted by Gasteiger charge is -2.31. The van der Waals surface area contributed by atoms with Gasteiger partial charge in [0.2, 0.25) is 0 Å². The third-order valence-corrected chi connectivity index (χ3v) is 3.89. The quantitative estimate of drug-likeness (QED) is 0.783. The van der Waals surface area contributed by atoms with Gasteiger partial charge >= 0.3 is 0 Å². The lowest BCUT2D eigenvalue weighted by atomic mass is 9.94. The van der Waals surface area contributed by atoms with Gasteiger partial charge in [0.1, 0.15) is 5.75 Å². The van der Waals surface area contributed by atoms with E-state index < -0.39 is 0 Å². The van der Waals surface area contributed by atoms with Gasteiger partial charge in [-0.25, -0.2) is 0 Å². The summed E-state index contributed by atoms with van der Waals surface area (Å²) >= 11 is 0. The minimum absolute atomic E-state index is 0.740. The first-order valence-corrected chi connectivity index (χ1v) is 7.22. The zero-order valence-corrected chi connectivity index (χ0v) is 11.7. The van der Waals surface area contributed by atoms with Gasteiger partial charge in [-0.15, -0.1) is 0 Å². The van der Waals surface area contributed by atoms with Gasteiger partial charge in [0, 0.05) is 18.2 Å². The molecule has 0 unspecified atom stereocenters. The average Bonchev–Trinajstić information content (AvgIpc) is 2.42. The molecule has 1 fully saturated rings. The largest absolute Gasteiger partial charge is 0.494 e. The molecule has 0 N–H and O–H groups in total. The minimum Gasteiger partial charge on any atom is -0.494 e. The van der Waals surface area contributed by atoms with Gasteiger partial charge in [-0.1, -0.05) is 37.5 Å². The molecular formula is C16H25NO. The third-order valence-electron chi connectivity index (χ3n) is 3.89. The Morgan fingerprint density at radius 2 is 1.89 bits per heavy atom. The Morgan fingerprint density at radius 3 is 2.61 bits per heavy atom. The molecule has 0 amide bonds. The maximum Gasteiger partial charge on any atom is 0.123 e. The molecule has 0 saturated heterocycles. The second-order valence-corrected chi connectivity index (χ2v) is 5.25. The maximum atomic E-state index is 5.70. The molecule has 2 rings (SSSR count). The first kappa shape index (κ1) is 13.4. The van der Waals surface area contributed by atoms with E-state index in [9.17, 15) is 0 Å². The molecule has 0 atom stereocenters. The second kappa shape index (κ2) is 6.79. The predicted octanol–water partition coefficient (Wildman–Crippen LogP) is 3.85. The van der Waals surface area contributed by atoms with Gasteiger partial charge in [0.05, 0.1) is 6.61 Å². The van der Waals surface area contributed by atoms with Gasteiger partial charge in [-0.05, 0) is 32.9 Å². The van der Waals surface area contributed by atoms with Crippen LogP contribution in [0.2, 0.25) is 0 Å². The van der Waals surface area contributed by atoms with E-state index in [0.717, 1.165) is 24.9 Å². The summed E-state index contributed by atoms with van der Waals surface area (Å²) in [4.78, 5) is 2.50. The van der Waals surface area contributed by atoms with E-state index in [0.29, 0.717) is 0 Å². The molecule has 2 heteroatoms. The summed E-state index contributed by atoms with van der Waals surface area (Å²) < 4.78 is 5.70. The van der Waals surface area contributed by atoms with Crippen molar-refractivity contribution >= 4 is 0 Å². The number of para-hydroxylation sites is 1. The molecule has 2 nitrogen and oxygen atoms in total. The van der Waals surface area contributed by atoms with Gasteiger partial charge in [0.15, 0.2) is 0 Å². The van der Waals surface area contributed by atoms with Crippen LogP contribution in [0.3, 0.4) is 0 Å². The van der Waals surface area contributed by atoms with Crippen molar-refractivity contribution in [3.05, 3.63) is 29.8 Å². The number of hydrogen-bond donors (Lipinski definition) is 0. The molecule has 0 aliphatic heterocycles. The molecule has 0 aromatic heterocycles. The Kier molecular flexibility index (Phi) is 5.06. The van der Waals surface area contributed by atoms with Crippen LogP contribution in [-0.4, -0.2) is 24.6 Å². The monoisotopic (exact) mass is 247 g/mol. The van der Waals surface area contributed by atoms with E-state index in [1.54, 1.807) is 0 Å². The van der Waals surface area contributed by atoms with Crippen molar-refractivity contribution in [3.8, 4) is 5.75 Å². The number of hydrogen-bond acceptors (Lipinski definition) is 2. The first-order chi connectivity index (χ1) is 8.81. The summed E-state index contributed by atoms with van der Waals surface area (Å²) in [6, 6.07) is 9.17. The molecule has 1 aliphatic rings. The standard InChI is InChI=1S/C16H25NO/c1-3-18-16-12-8-7-9-14(16)13-17(2)15-10-5-4-6-11-15/h7-9,12,15H,3-6,10-11,13H2,1-2H3. The molecule has 1 saturated carbocycles. The molecule has 1 aliphatic carbocycles. The number of benzene rings is 1. The summed E-state index contributed by atoms with van der Waals surface area (Å²) in [5.41, 5.74) is 1.31. The normalized spacial score (nSPS) is 17.1.